The first-order chi connectivity index (χ1) is 10.2. The molecule has 0 bridgehead atoms. The van der Waals surface area contributed by atoms with E-state index in [1.54, 1.807) is 6.92 Å². The van der Waals surface area contributed by atoms with Crippen molar-refractivity contribution in [2.45, 2.75) is 26.2 Å². The van der Waals surface area contributed by atoms with E-state index in [1.807, 2.05) is 30.3 Å². The molecule has 3 rings (SSSR count). The molecule has 0 saturated carbocycles. The molecule has 0 radical (unpaired) electrons. The van der Waals surface area contributed by atoms with E-state index in [0.717, 1.165) is 42.0 Å². The number of fused-ring (bicyclic) bond motifs is 1. The number of aromatic carboxylic acids is 1. The van der Waals surface area contributed by atoms with Gasteiger partial charge in [0.05, 0.1) is 11.4 Å². The van der Waals surface area contributed by atoms with Crippen LogP contribution in [0.5, 0.6) is 0 Å². The Morgan fingerprint density at radius 3 is 2.76 bits per heavy atom. The average molecular weight is 284 g/mol. The second kappa shape index (κ2) is 5.44. The molecule has 2 aromatic rings. The molecule has 0 atom stereocenters. The summed E-state index contributed by atoms with van der Waals surface area (Å²) in [6.07, 6.45) is 2.48. The van der Waals surface area contributed by atoms with Crippen LogP contribution in [0.3, 0.4) is 0 Å². The minimum Gasteiger partial charge on any atom is -0.475 e. The average Bonchev–Trinajstić information content (AvgIpc) is 2.84. The lowest BCUT2D eigenvalue weighted by Gasteiger charge is -2.13. The van der Waals surface area contributed by atoms with Crippen LogP contribution in [0.4, 0.5) is 5.69 Å². The van der Waals surface area contributed by atoms with Crippen LogP contribution in [-0.2, 0) is 6.42 Å². The zero-order valence-corrected chi connectivity index (χ0v) is 11.7. The van der Waals surface area contributed by atoms with Crippen LogP contribution in [0.1, 0.15) is 40.3 Å². The summed E-state index contributed by atoms with van der Waals surface area (Å²) in [6, 6.07) is 9.66. The molecule has 1 aromatic carbocycles. The Labute approximate surface area is 122 Å². The van der Waals surface area contributed by atoms with Crippen LogP contribution in [-0.4, -0.2) is 16.8 Å². The number of aryl methyl sites for hydroxylation is 1. The molecule has 0 unspecified atom stereocenters. The third kappa shape index (κ3) is 2.54. The van der Waals surface area contributed by atoms with E-state index in [9.17, 15) is 4.79 Å². The standard InChI is InChI=1S/C16H16N2O3/c1-10-14-12(18-17-11-6-3-2-4-7-11)8-5-9-13(14)21-15(10)16(19)20/h2-4,6-7,17H,5,8-9H2,1H3,(H,19,20). The fraction of sp³-hybridized carbons (Fsp3) is 0.250. The zero-order valence-electron chi connectivity index (χ0n) is 11.7. The quantitative estimate of drug-likeness (QED) is 0.847. The number of anilines is 1. The summed E-state index contributed by atoms with van der Waals surface area (Å²) in [6.45, 7) is 1.77. The topological polar surface area (TPSA) is 74.8 Å². The number of hydrazone groups is 1. The third-order valence-electron chi connectivity index (χ3n) is 3.61. The van der Waals surface area contributed by atoms with E-state index in [-0.39, 0.29) is 5.76 Å². The molecule has 1 aromatic heterocycles. The summed E-state index contributed by atoms with van der Waals surface area (Å²) in [4.78, 5) is 11.2. The van der Waals surface area contributed by atoms with Gasteiger partial charge in [-0.05, 0) is 31.9 Å². The maximum absolute atomic E-state index is 11.2. The number of benzene rings is 1. The molecule has 2 N–H and O–H groups in total. The highest BCUT2D eigenvalue weighted by Crippen LogP contribution is 2.30. The number of nitrogens with zero attached hydrogens (tertiary/aromatic N) is 1. The molecule has 5 heteroatoms. The van der Waals surface area contributed by atoms with Crippen molar-refractivity contribution in [2.75, 3.05) is 5.43 Å². The van der Waals surface area contributed by atoms with Crippen LogP contribution in [0, 0.1) is 6.92 Å². The number of nitrogens with one attached hydrogen (secondary N) is 1. The Balaban J connectivity index is 1.95. The summed E-state index contributed by atoms with van der Waals surface area (Å²) in [7, 11) is 0. The van der Waals surface area contributed by atoms with Gasteiger partial charge in [0.15, 0.2) is 0 Å². The predicted molar refractivity (Wildman–Crippen MR) is 79.9 cm³/mol. The van der Waals surface area contributed by atoms with Crippen molar-refractivity contribution in [1.82, 2.24) is 0 Å². The van der Waals surface area contributed by atoms with Crippen molar-refractivity contribution >= 4 is 17.4 Å². The van der Waals surface area contributed by atoms with Gasteiger partial charge in [0, 0.05) is 17.5 Å². The molecule has 5 nitrogen and oxygen atoms in total. The van der Waals surface area contributed by atoms with Crippen LogP contribution in [0.2, 0.25) is 0 Å². The lowest BCUT2D eigenvalue weighted by atomic mass is 9.93. The van der Waals surface area contributed by atoms with Gasteiger partial charge in [-0.15, -0.1) is 0 Å². The summed E-state index contributed by atoms with van der Waals surface area (Å²) < 4.78 is 5.47. The largest absolute Gasteiger partial charge is 0.475 e. The van der Waals surface area contributed by atoms with Gasteiger partial charge >= 0.3 is 5.97 Å². The Morgan fingerprint density at radius 1 is 1.29 bits per heavy atom. The molecule has 0 spiro atoms. The highest BCUT2D eigenvalue weighted by Gasteiger charge is 2.27. The molecule has 1 aliphatic carbocycles. The first kappa shape index (κ1) is 13.4. The molecule has 0 amide bonds. The van der Waals surface area contributed by atoms with Gasteiger partial charge in [-0.2, -0.15) is 5.10 Å². The molecule has 0 fully saturated rings. The summed E-state index contributed by atoms with van der Waals surface area (Å²) in [5.74, 6) is -0.281. The molecular formula is C16H16N2O3. The smallest absolute Gasteiger partial charge is 0.372 e. The molecule has 0 aliphatic heterocycles. The number of carbonyl (C=O) groups is 1. The summed E-state index contributed by atoms with van der Waals surface area (Å²) in [5, 5.41) is 13.6. The number of hydrogen-bond donors (Lipinski definition) is 2. The fourth-order valence-electron chi connectivity index (χ4n) is 2.63. The van der Waals surface area contributed by atoms with Crippen molar-refractivity contribution in [2.24, 2.45) is 5.10 Å². The van der Waals surface area contributed by atoms with Crippen molar-refractivity contribution in [3.63, 3.8) is 0 Å². The minimum absolute atomic E-state index is 0.0225. The van der Waals surface area contributed by atoms with Gasteiger partial charge in [-0.3, -0.25) is 5.43 Å². The third-order valence-corrected chi connectivity index (χ3v) is 3.61. The Bertz CT molecular complexity index is 702. The molecule has 0 saturated heterocycles. The van der Waals surface area contributed by atoms with E-state index in [2.05, 4.69) is 10.5 Å². The lowest BCUT2D eigenvalue weighted by molar-refractivity contribution is 0.0659. The number of rotatable bonds is 3. The summed E-state index contributed by atoms with van der Waals surface area (Å²) in [5.41, 5.74) is 6.28. The van der Waals surface area contributed by atoms with E-state index in [1.165, 1.54) is 0 Å². The van der Waals surface area contributed by atoms with Gasteiger partial charge in [-0.1, -0.05) is 18.2 Å². The number of carboxylic acid groups (broad SMARTS) is 1. The van der Waals surface area contributed by atoms with E-state index < -0.39 is 5.97 Å². The fourth-order valence-corrected chi connectivity index (χ4v) is 2.63. The predicted octanol–water partition coefficient (Wildman–Crippen LogP) is 3.44. The van der Waals surface area contributed by atoms with E-state index in [0.29, 0.717) is 5.56 Å². The van der Waals surface area contributed by atoms with Gasteiger partial charge in [0.2, 0.25) is 5.76 Å². The normalized spacial score (nSPS) is 15.8. The maximum atomic E-state index is 11.2. The maximum Gasteiger partial charge on any atom is 0.372 e. The van der Waals surface area contributed by atoms with Gasteiger partial charge in [-0.25, -0.2) is 4.79 Å². The second-order valence-corrected chi connectivity index (χ2v) is 5.05. The Hall–Kier alpha value is -2.56. The van der Waals surface area contributed by atoms with Crippen LogP contribution < -0.4 is 5.43 Å². The van der Waals surface area contributed by atoms with Gasteiger partial charge < -0.3 is 9.52 Å². The number of para-hydroxylation sites is 1. The van der Waals surface area contributed by atoms with Crippen molar-refractivity contribution in [3.8, 4) is 0 Å². The SMILES string of the molecule is Cc1c(C(=O)O)oc2c1C(=NNc1ccccc1)CCC2. The Morgan fingerprint density at radius 2 is 2.05 bits per heavy atom. The number of hydrogen-bond acceptors (Lipinski definition) is 4. The van der Waals surface area contributed by atoms with Gasteiger partial charge in [0.1, 0.15) is 5.76 Å². The van der Waals surface area contributed by atoms with E-state index >= 15 is 0 Å². The first-order valence-electron chi connectivity index (χ1n) is 6.90. The molecule has 1 aliphatic rings. The molecular weight excluding hydrogens is 268 g/mol. The second-order valence-electron chi connectivity index (χ2n) is 5.05. The van der Waals surface area contributed by atoms with Crippen LogP contribution in [0.15, 0.2) is 39.9 Å². The Kier molecular flexibility index (Phi) is 3.48. The molecule has 21 heavy (non-hydrogen) atoms. The summed E-state index contributed by atoms with van der Waals surface area (Å²) >= 11 is 0. The minimum atomic E-state index is -1.03. The van der Waals surface area contributed by atoms with E-state index in [4.69, 9.17) is 9.52 Å². The monoisotopic (exact) mass is 284 g/mol. The van der Waals surface area contributed by atoms with Gasteiger partial charge in [0.25, 0.3) is 0 Å². The molecule has 108 valence electrons. The van der Waals surface area contributed by atoms with Crippen molar-refractivity contribution < 1.29 is 14.3 Å². The van der Waals surface area contributed by atoms with Crippen molar-refractivity contribution in [3.05, 3.63) is 53.0 Å². The molecule has 1 heterocycles. The zero-order chi connectivity index (χ0) is 14.8. The highest BCUT2D eigenvalue weighted by molar-refractivity contribution is 6.05. The number of carboxylic acids is 1. The lowest BCUT2D eigenvalue weighted by Crippen LogP contribution is -2.13. The first-order valence-corrected chi connectivity index (χ1v) is 6.90. The van der Waals surface area contributed by atoms with Crippen LogP contribution >= 0.6 is 0 Å². The van der Waals surface area contributed by atoms with Crippen LogP contribution in [0.25, 0.3) is 0 Å². The number of furan rings is 1. The highest BCUT2D eigenvalue weighted by atomic mass is 16.4. The van der Waals surface area contributed by atoms with Crippen molar-refractivity contribution in [1.29, 1.82) is 0 Å².